The molecule has 3 heterocycles. The molecule has 0 spiro atoms. The second-order valence-corrected chi connectivity index (χ2v) is 8.18. The lowest BCUT2D eigenvalue weighted by atomic mass is 9.83. The van der Waals surface area contributed by atoms with Crippen LogP contribution in [-0.2, 0) is 4.79 Å². The highest BCUT2D eigenvalue weighted by Gasteiger charge is 2.37. The highest BCUT2D eigenvalue weighted by atomic mass is 16.5. The van der Waals surface area contributed by atoms with Crippen molar-refractivity contribution >= 4 is 12.0 Å². The summed E-state index contributed by atoms with van der Waals surface area (Å²) in [6, 6.07) is 14.0. The van der Waals surface area contributed by atoms with E-state index in [1.807, 2.05) is 47.4 Å². The second kappa shape index (κ2) is 9.31. The van der Waals surface area contributed by atoms with E-state index >= 15 is 0 Å². The van der Waals surface area contributed by atoms with Crippen LogP contribution in [-0.4, -0.2) is 54.5 Å². The van der Waals surface area contributed by atoms with Gasteiger partial charge in [0.05, 0.1) is 6.26 Å². The molecule has 1 amide bonds. The van der Waals surface area contributed by atoms with Gasteiger partial charge in [-0.1, -0.05) is 23.8 Å². The number of hydrogen-bond acceptors (Lipinski definition) is 4. The number of fused-ring (bicyclic) bond motifs is 1. The van der Waals surface area contributed by atoms with Gasteiger partial charge in [-0.15, -0.1) is 0 Å². The molecule has 0 unspecified atom stereocenters. The van der Waals surface area contributed by atoms with E-state index in [2.05, 4.69) is 17.9 Å². The normalized spacial score (nSPS) is 22.9. The van der Waals surface area contributed by atoms with Crippen LogP contribution in [0.25, 0.3) is 6.08 Å². The molecule has 5 nitrogen and oxygen atoms in total. The van der Waals surface area contributed by atoms with Crippen LogP contribution >= 0.6 is 0 Å². The van der Waals surface area contributed by atoms with E-state index in [0.29, 0.717) is 12.0 Å². The minimum absolute atomic E-state index is 0.0957. The molecule has 2 atom stereocenters. The van der Waals surface area contributed by atoms with E-state index < -0.39 is 0 Å². The maximum absolute atomic E-state index is 12.7. The Morgan fingerprint density at radius 1 is 1.17 bits per heavy atom. The molecule has 0 N–H and O–H groups in total. The summed E-state index contributed by atoms with van der Waals surface area (Å²) in [5.74, 6) is 2.31. The van der Waals surface area contributed by atoms with Crippen LogP contribution in [0.2, 0.25) is 0 Å². The van der Waals surface area contributed by atoms with Crippen molar-refractivity contribution in [3.63, 3.8) is 0 Å². The Kier molecular flexibility index (Phi) is 6.35. The van der Waals surface area contributed by atoms with Gasteiger partial charge in [-0.3, -0.25) is 9.69 Å². The van der Waals surface area contributed by atoms with E-state index in [1.54, 1.807) is 6.26 Å². The van der Waals surface area contributed by atoms with Crippen LogP contribution < -0.4 is 4.74 Å². The van der Waals surface area contributed by atoms with Gasteiger partial charge in [-0.25, -0.2) is 0 Å². The Morgan fingerprint density at radius 3 is 2.83 bits per heavy atom. The van der Waals surface area contributed by atoms with Crippen LogP contribution in [0, 0.1) is 5.92 Å². The topological polar surface area (TPSA) is 45.9 Å². The Labute approximate surface area is 172 Å². The lowest BCUT2D eigenvalue weighted by molar-refractivity contribution is -0.137. The zero-order chi connectivity index (χ0) is 20.1. The molecule has 5 heteroatoms. The molecular formula is C24H30N2O3. The highest BCUT2D eigenvalue weighted by Crippen LogP contribution is 2.31. The number of para-hydroxylation sites is 1. The molecular weight excluding hydrogens is 364 g/mol. The van der Waals surface area contributed by atoms with Gasteiger partial charge < -0.3 is 14.1 Å². The van der Waals surface area contributed by atoms with E-state index in [0.717, 1.165) is 44.1 Å². The number of likely N-dealkylation sites (tertiary alicyclic amines) is 2. The van der Waals surface area contributed by atoms with Crippen molar-refractivity contribution < 1.29 is 13.9 Å². The zero-order valence-corrected chi connectivity index (χ0v) is 17.1. The van der Waals surface area contributed by atoms with Gasteiger partial charge >= 0.3 is 0 Å². The van der Waals surface area contributed by atoms with Crippen LogP contribution in [0.15, 0.2) is 58.7 Å². The van der Waals surface area contributed by atoms with E-state index in [-0.39, 0.29) is 12.5 Å². The molecule has 4 rings (SSSR count). The number of hydrogen-bond donors (Lipinski definition) is 0. The van der Waals surface area contributed by atoms with Gasteiger partial charge in [0.25, 0.3) is 5.91 Å². The first-order chi connectivity index (χ1) is 14.2. The summed E-state index contributed by atoms with van der Waals surface area (Å²) in [6.45, 7) is 6.05. The molecule has 2 saturated heterocycles. The maximum Gasteiger partial charge on any atom is 0.260 e. The fraction of sp³-hybridized carbons (Fsp3) is 0.458. The highest BCUT2D eigenvalue weighted by molar-refractivity contribution is 5.78. The number of ether oxygens (including phenoxy) is 1. The smallest absolute Gasteiger partial charge is 0.260 e. The first-order valence-corrected chi connectivity index (χ1v) is 10.6. The van der Waals surface area contributed by atoms with Crippen molar-refractivity contribution in [2.24, 2.45) is 5.92 Å². The summed E-state index contributed by atoms with van der Waals surface area (Å²) in [4.78, 5) is 17.3. The minimum atomic E-state index is 0.0957. The number of rotatable bonds is 6. The third-order valence-electron chi connectivity index (χ3n) is 6.03. The van der Waals surface area contributed by atoms with Crippen molar-refractivity contribution in [3.8, 4) is 5.75 Å². The summed E-state index contributed by atoms with van der Waals surface area (Å²) in [5.41, 5.74) is 1.32. The van der Waals surface area contributed by atoms with Crippen LogP contribution in [0.3, 0.4) is 0 Å². The van der Waals surface area contributed by atoms with Gasteiger partial charge in [0, 0.05) is 25.7 Å². The Morgan fingerprint density at radius 2 is 2.03 bits per heavy atom. The van der Waals surface area contributed by atoms with Crippen molar-refractivity contribution in [2.75, 3.05) is 32.8 Å². The molecule has 0 saturated carbocycles. The summed E-state index contributed by atoms with van der Waals surface area (Å²) < 4.78 is 11.1. The van der Waals surface area contributed by atoms with Crippen molar-refractivity contribution in [3.05, 3.63) is 60.1 Å². The standard InChI is InChI=1S/C24H30N2O3/c1-19(15-22-10-6-14-28-22)16-25-12-5-7-20-17-26(13-11-23(20)25)24(27)18-29-21-8-3-2-4-9-21/h2-4,6,8-10,14-15,20,23H,5,7,11-13,16-18H2,1H3/b19-15+/t20-,23+/m1/s1. The Balaban J connectivity index is 1.31. The summed E-state index contributed by atoms with van der Waals surface area (Å²) in [6.07, 6.45) is 7.27. The molecule has 1 aromatic heterocycles. The third kappa shape index (κ3) is 5.10. The monoisotopic (exact) mass is 394 g/mol. The molecule has 2 aromatic rings. The predicted molar refractivity (Wildman–Crippen MR) is 114 cm³/mol. The quantitative estimate of drug-likeness (QED) is 0.741. The number of amides is 1. The fourth-order valence-corrected chi connectivity index (χ4v) is 4.66. The zero-order valence-electron chi connectivity index (χ0n) is 17.1. The van der Waals surface area contributed by atoms with Crippen LogP contribution in [0.4, 0.5) is 0 Å². The first kappa shape index (κ1) is 19.8. The predicted octanol–water partition coefficient (Wildman–Crippen LogP) is 4.07. The largest absolute Gasteiger partial charge is 0.484 e. The van der Waals surface area contributed by atoms with Gasteiger partial charge in [0.15, 0.2) is 6.61 Å². The van der Waals surface area contributed by atoms with Crippen molar-refractivity contribution in [1.29, 1.82) is 0 Å². The fourth-order valence-electron chi connectivity index (χ4n) is 4.66. The number of carbonyl (C=O) groups excluding carboxylic acids is 1. The van der Waals surface area contributed by atoms with Crippen LogP contribution in [0.1, 0.15) is 31.9 Å². The number of piperidine rings is 2. The van der Waals surface area contributed by atoms with E-state index in [1.165, 1.54) is 18.4 Å². The molecule has 2 aliphatic heterocycles. The molecule has 0 radical (unpaired) electrons. The summed E-state index contributed by atoms with van der Waals surface area (Å²) in [7, 11) is 0. The lowest BCUT2D eigenvalue weighted by Gasteiger charge is -2.47. The Bertz CT molecular complexity index is 816. The van der Waals surface area contributed by atoms with Gasteiger partial charge in [0.2, 0.25) is 0 Å². The van der Waals surface area contributed by atoms with Crippen LogP contribution in [0.5, 0.6) is 5.75 Å². The number of benzene rings is 1. The molecule has 29 heavy (non-hydrogen) atoms. The molecule has 1 aromatic carbocycles. The molecule has 0 aliphatic carbocycles. The minimum Gasteiger partial charge on any atom is -0.484 e. The van der Waals surface area contributed by atoms with Gasteiger partial charge in [0.1, 0.15) is 11.5 Å². The number of nitrogens with zero attached hydrogens (tertiary/aromatic N) is 2. The molecule has 154 valence electrons. The maximum atomic E-state index is 12.7. The molecule has 2 fully saturated rings. The molecule has 0 bridgehead atoms. The van der Waals surface area contributed by atoms with Gasteiger partial charge in [-0.2, -0.15) is 0 Å². The van der Waals surface area contributed by atoms with Crippen molar-refractivity contribution in [1.82, 2.24) is 9.80 Å². The lowest BCUT2D eigenvalue weighted by Crippen LogP contribution is -2.55. The van der Waals surface area contributed by atoms with Gasteiger partial charge in [-0.05, 0) is 69.0 Å². The molecule has 2 aliphatic rings. The number of furan rings is 1. The van der Waals surface area contributed by atoms with E-state index in [9.17, 15) is 4.79 Å². The third-order valence-corrected chi connectivity index (χ3v) is 6.03. The summed E-state index contributed by atoms with van der Waals surface area (Å²) in [5, 5.41) is 0. The Hall–Kier alpha value is -2.53. The van der Waals surface area contributed by atoms with Crippen molar-refractivity contribution in [2.45, 2.75) is 32.2 Å². The SMILES string of the molecule is C/C(=C\c1ccco1)CN1CCC[C@@H]2CN(C(=O)COc3ccccc3)CC[C@@H]21. The van der Waals surface area contributed by atoms with E-state index in [4.69, 9.17) is 9.15 Å². The first-order valence-electron chi connectivity index (χ1n) is 10.6. The second-order valence-electron chi connectivity index (χ2n) is 8.18. The average Bonchev–Trinajstić information content (AvgIpc) is 3.25. The summed E-state index contributed by atoms with van der Waals surface area (Å²) >= 11 is 0. The number of carbonyl (C=O) groups is 1. The average molecular weight is 395 g/mol.